The zero-order valence-corrected chi connectivity index (χ0v) is 22.9. The summed E-state index contributed by atoms with van der Waals surface area (Å²) in [7, 11) is -3.08. The topological polar surface area (TPSA) is 101 Å². The zero-order valence-electron chi connectivity index (χ0n) is 22.1. The first-order valence-electron chi connectivity index (χ1n) is 13.9. The standard InChI is InChI=1S/C28H40N4O4S/c1-3-20-14-21-6-5-11-28(16-20,17-21)19-29-27(34)24-7-4-8-25-30-22(18-32(24)25)15-26(33)31-12-9-23(10-13-31)37(2,35)36/h4,7-8,18,20-21,23H,3,5-6,9-17,19H2,1-2H3,(H,29,34). The summed E-state index contributed by atoms with van der Waals surface area (Å²) in [6.07, 6.45) is 12.9. The van der Waals surface area contributed by atoms with Crippen LogP contribution < -0.4 is 5.32 Å². The monoisotopic (exact) mass is 528 g/mol. The van der Waals surface area contributed by atoms with Gasteiger partial charge < -0.3 is 10.2 Å². The van der Waals surface area contributed by atoms with Gasteiger partial charge >= 0.3 is 0 Å². The number of pyridine rings is 1. The minimum Gasteiger partial charge on any atom is -0.350 e. The van der Waals surface area contributed by atoms with E-state index in [-0.39, 0.29) is 28.9 Å². The van der Waals surface area contributed by atoms with E-state index in [1.807, 2.05) is 18.2 Å². The van der Waals surface area contributed by atoms with Crippen molar-refractivity contribution in [3.8, 4) is 0 Å². The van der Waals surface area contributed by atoms with Crippen molar-refractivity contribution in [3.05, 3.63) is 35.8 Å². The van der Waals surface area contributed by atoms with Crippen LogP contribution in [0.3, 0.4) is 0 Å². The third-order valence-electron chi connectivity index (χ3n) is 9.14. The fourth-order valence-corrected chi connectivity index (χ4v) is 8.24. The van der Waals surface area contributed by atoms with E-state index in [4.69, 9.17) is 0 Å². The summed E-state index contributed by atoms with van der Waals surface area (Å²) in [6.45, 7) is 3.90. The SMILES string of the molecule is CCC1CC2CCCC(CNC(=O)c3cccc4nc(CC(=O)N5CCC(S(C)(=O)=O)CC5)cn34)(C1)C2. The Morgan fingerprint density at radius 2 is 1.95 bits per heavy atom. The van der Waals surface area contributed by atoms with Gasteiger partial charge in [0.1, 0.15) is 21.2 Å². The van der Waals surface area contributed by atoms with Crippen LogP contribution in [0.4, 0.5) is 0 Å². The van der Waals surface area contributed by atoms with Crippen molar-refractivity contribution < 1.29 is 18.0 Å². The van der Waals surface area contributed by atoms with Gasteiger partial charge in [0.15, 0.2) is 0 Å². The Bertz CT molecular complexity index is 1260. The van der Waals surface area contributed by atoms with Crippen molar-refractivity contribution in [3.63, 3.8) is 0 Å². The van der Waals surface area contributed by atoms with Crippen LogP contribution in [0.2, 0.25) is 0 Å². The molecule has 0 radical (unpaired) electrons. The molecular formula is C28H40N4O4S. The highest BCUT2D eigenvalue weighted by molar-refractivity contribution is 7.91. The quantitative estimate of drug-likeness (QED) is 0.591. The van der Waals surface area contributed by atoms with E-state index in [2.05, 4.69) is 17.2 Å². The number of likely N-dealkylation sites (tertiary alicyclic amines) is 1. The van der Waals surface area contributed by atoms with Crippen LogP contribution in [0, 0.1) is 17.3 Å². The van der Waals surface area contributed by atoms with Crippen molar-refractivity contribution in [2.24, 2.45) is 17.3 Å². The molecule has 0 aromatic carbocycles. The summed E-state index contributed by atoms with van der Waals surface area (Å²) < 4.78 is 25.4. The molecule has 2 aromatic rings. The molecule has 9 heteroatoms. The molecule has 3 heterocycles. The van der Waals surface area contributed by atoms with Gasteiger partial charge in [-0.3, -0.25) is 14.0 Å². The minimum absolute atomic E-state index is 0.0601. The van der Waals surface area contributed by atoms with Crippen LogP contribution in [-0.2, 0) is 21.1 Å². The predicted molar refractivity (Wildman–Crippen MR) is 143 cm³/mol. The van der Waals surface area contributed by atoms with E-state index in [1.54, 1.807) is 15.5 Å². The van der Waals surface area contributed by atoms with Gasteiger partial charge in [-0.2, -0.15) is 0 Å². The van der Waals surface area contributed by atoms with Crippen LogP contribution in [0.15, 0.2) is 24.4 Å². The van der Waals surface area contributed by atoms with Crippen molar-refractivity contribution in [2.75, 3.05) is 25.9 Å². The lowest BCUT2D eigenvalue weighted by atomic mass is 9.58. The number of fused-ring (bicyclic) bond motifs is 3. The largest absolute Gasteiger partial charge is 0.350 e. The van der Waals surface area contributed by atoms with Gasteiger partial charge in [0.2, 0.25) is 5.91 Å². The third-order valence-corrected chi connectivity index (χ3v) is 10.8. The highest BCUT2D eigenvalue weighted by Gasteiger charge is 2.42. The van der Waals surface area contributed by atoms with E-state index in [9.17, 15) is 18.0 Å². The van der Waals surface area contributed by atoms with Gasteiger partial charge in [-0.25, -0.2) is 13.4 Å². The number of rotatable bonds is 7. The number of nitrogens with one attached hydrogen (secondary N) is 1. The molecule has 2 saturated carbocycles. The molecule has 1 aliphatic heterocycles. The molecule has 5 rings (SSSR count). The van der Waals surface area contributed by atoms with E-state index in [0.717, 1.165) is 18.4 Å². The second kappa shape index (κ2) is 10.4. The summed E-state index contributed by atoms with van der Waals surface area (Å²) in [4.78, 5) is 32.5. The van der Waals surface area contributed by atoms with Crippen molar-refractivity contribution in [1.82, 2.24) is 19.6 Å². The maximum atomic E-state index is 13.3. The average Bonchev–Trinajstić information content (AvgIpc) is 3.29. The first-order valence-corrected chi connectivity index (χ1v) is 15.8. The Hall–Kier alpha value is -2.42. The minimum atomic E-state index is -3.08. The summed E-state index contributed by atoms with van der Waals surface area (Å²) in [5.41, 5.74) is 2.01. The zero-order chi connectivity index (χ0) is 26.2. The number of hydrogen-bond acceptors (Lipinski definition) is 5. The fraction of sp³-hybridized carbons (Fsp3) is 0.679. The Labute approximate surface area is 220 Å². The number of carbonyl (C=O) groups excluding carboxylic acids is 2. The van der Waals surface area contributed by atoms with E-state index >= 15 is 0 Å². The van der Waals surface area contributed by atoms with Crippen molar-refractivity contribution in [1.29, 1.82) is 0 Å². The molecule has 2 bridgehead atoms. The molecule has 37 heavy (non-hydrogen) atoms. The molecule has 2 aromatic heterocycles. The van der Waals surface area contributed by atoms with Crippen LogP contribution >= 0.6 is 0 Å². The molecule has 1 N–H and O–H groups in total. The second-order valence-corrected chi connectivity index (χ2v) is 14.1. The average molecular weight is 529 g/mol. The molecule has 3 unspecified atom stereocenters. The van der Waals surface area contributed by atoms with Gasteiger partial charge in [-0.05, 0) is 67.9 Å². The lowest BCUT2D eigenvalue weighted by molar-refractivity contribution is -0.131. The van der Waals surface area contributed by atoms with Gasteiger partial charge in [0.05, 0.1) is 17.4 Å². The lowest BCUT2D eigenvalue weighted by Gasteiger charge is -2.48. The van der Waals surface area contributed by atoms with Gasteiger partial charge in [0.25, 0.3) is 5.91 Å². The maximum absolute atomic E-state index is 13.3. The van der Waals surface area contributed by atoms with Crippen LogP contribution in [-0.4, -0.2) is 65.7 Å². The molecule has 3 atom stereocenters. The van der Waals surface area contributed by atoms with Gasteiger partial charge in [-0.15, -0.1) is 0 Å². The maximum Gasteiger partial charge on any atom is 0.268 e. The Balaban J connectivity index is 1.24. The van der Waals surface area contributed by atoms with E-state index < -0.39 is 9.84 Å². The lowest BCUT2D eigenvalue weighted by Crippen LogP contribution is -2.45. The van der Waals surface area contributed by atoms with Crippen molar-refractivity contribution in [2.45, 2.75) is 76.4 Å². The summed E-state index contributed by atoms with van der Waals surface area (Å²) in [5.74, 6) is 1.41. The molecule has 3 aliphatic rings. The van der Waals surface area contributed by atoms with Crippen LogP contribution in [0.5, 0.6) is 0 Å². The third kappa shape index (κ3) is 5.71. The Kier molecular flexibility index (Phi) is 7.35. The predicted octanol–water partition coefficient (Wildman–Crippen LogP) is 3.64. The number of piperidine rings is 1. The summed E-state index contributed by atoms with van der Waals surface area (Å²) in [6, 6.07) is 5.49. The van der Waals surface area contributed by atoms with Crippen LogP contribution in [0.25, 0.3) is 5.65 Å². The van der Waals surface area contributed by atoms with Gasteiger partial charge in [-0.1, -0.05) is 32.3 Å². The van der Waals surface area contributed by atoms with Crippen molar-refractivity contribution >= 4 is 27.3 Å². The molecule has 0 spiro atoms. The highest BCUT2D eigenvalue weighted by Crippen LogP contribution is 2.51. The fourth-order valence-electron chi connectivity index (χ4n) is 7.17. The molecule has 202 valence electrons. The number of aromatic nitrogens is 2. The number of sulfone groups is 1. The number of imidazole rings is 1. The van der Waals surface area contributed by atoms with Gasteiger partial charge in [0, 0.05) is 32.1 Å². The molecule has 8 nitrogen and oxygen atoms in total. The summed E-state index contributed by atoms with van der Waals surface area (Å²) in [5, 5.41) is 2.89. The number of carbonyl (C=O) groups is 2. The first-order chi connectivity index (χ1) is 17.7. The first kappa shape index (κ1) is 26.2. The highest BCUT2D eigenvalue weighted by atomic mass is 32.2. The molecule has 1 saturated heterocycles. The Morgan fingerprint density at radius 3 is 2.68 bits per heavy atom. The van der Waals surface area contributed by atoms with Crippen LogP contribution in [0.1, 0.15) is 80.9 Å². The number of nitrogens with zero attached hydrogens (tertiary/aromatic N) is 3. The van der Waals surface area contributed by atoms with E-state index in [1.165, 1.54) is 51.2 Å². The van der Waals surface area contributed by atoms with E-state index in [0.29, 0.717) is 43.0 Å². The number of hydrogen-bond donors (Lipinski definition) is 1. The Morgan fingerprint density at radius 1 is 1.16 bits per heavy atom. The number of amides is 2. The molecule has 2 aliphatic carbocycles. The smallest absolute Gasteiger partial charge is 0.268 e. The summed E-state index contributed by atoms with van der Waals surface area (Å²) >= 11 is 0. The normalized spacial score (nSPS) is 26.8. The molecule has 2 amide bonds. The second-order valence-electron chi connectivity index (χ2n) is 11.8. The molecular weight excluding hydrogens is 488 g/mol. The molecule has 3 fully saturated rings.